The molecule has 0 unspecified atom stereocenters. The summed E-state index contributed by atoms with van der Waals surface area (Å²) in [7, 11) is 0. The minimum atomic E-state index is 1.03. The van der Waals surface area contributed by atoms with Crippen molar-refractivity contribution in [1.29, 1.82) is 0 Å². The van der Waals surface area contributed by atoms with Crippen LogP contribution in [0.2, 0.25) is 0 Å². The number of benzene rings is 2. The van der Waals surface area contributed by atoms with Gasteiger partial charge >= 0.3 is 0 Å². The summed E-state index contributed by atoms with van der Waals surface area (Å²) in [4.78, 5) is 10.7. The fraction of sp³-hybridized carbons (Fsp3) is 0.100. The van der Waals surface area contributed by atoms with Gasteiger partial charge in [0, 0.05) is 16.5 Å². The van der Waals surface area contributed by atoms with Crippen LogP contribution in [0, 0.1) is 13.8 Å². The fourth-order valence-corrected chi connectivity index (χ4v) is 4.58. The first-order valence-corrected chi connectivity index (χ1v) is 9.46. The zero-order chi connectivity index (χ0) is 16.5. The summed E-state index contributed by atoms with van der Waals surface area (Å²) in [5.74, 6) is 0. The molecule has 0 amide bonds. The zero-order valence-corrected chi connectivity index (χ0v) is 15.1. The van der Waals surface area contributed by atoms with Crippen LogP contribution in [-0.2, 0) is 0 Å². The molecule has 2 aromatic carbocycles. The summed E-state index contributed by atoms with van der Waals surface area (Å²) >= 11 is 3.40. The molecule has 4 rings (SSSR count). The third-order valence-electron chi connectivity index (χ3n) is 3.86. The Morgan fingerprint density at radius 2 is 1.50 bits per heavy atom. The van der Waals surface area contributed by atoms with Crippen LogP contribution < -0.4 is 0 Å². The zero-order valence-electron chi connectivity index (χ0n) is 13.5. The highest BCUT2D eigenvalue weighted by Crippen LogP contribution is 2.37. The summed E-state index contributed by atoms with van der Waals surface area (Å²) in [6.45, 7) is 4.16. The molecule has 0 aliphatic heterocycles. The van der Waals surface area contributed by atoms with E-state index in [0.717, 1.165) is 37.4 Å². The Hall–Kier alpha value is -2.30. The lowest BCUT2D eigenvalue weighted by Gasteiger charge is -1.97. The second-order valence-corrected chi connectivity index (χ2v) is 7.56. The molecule has 0 aliphatic carbocycles. The Bertz CT molecular complexity index is 967. The van der Waals surface area contributed by atoms with Crippen molar-refractivity contribution in [2.24, 2.45) is 0 Å². The van der Waals surface area contributed by atoms with Crippen LogP contribution in [0.3, 0.4) is 0 Å². The lowest BCUT2D eigenvalue weighted by atomic mass is 10.1. The predicted molar refractivity (Wildman–Crippen MR) is 104 cm³/mol. The molecule has 4 aromatic rings. The number of aromatic nitrogens is 2. The van der Waals surface area contributed by atoms with Gasteiger partial charge < -0.3 is 0 Å². The van der Waals surface area contributed by atoms with E-state index in [1.165, 1.54) is 5.56 Å². The maximum Gasteiger partial charge on any atom is 0.135 e. The Kier molecular flexibility index (Phi) is 4.00. The Balaban J connectivity index is 1.70. The molecule has 0 atom stereocenters. The molecule has 0 saturated carbocycles. The third-order valence-corrected chi connectivity index (χ3v) is 6.07. The average Bonchev–Trinajstić information content (AvgIpc) is 3.23. The van der Waals surface area contributed by atoms with Crippen LogP contribution in [0.25, 0.3) is 31.7 Å². The van der Waals surface area contributed by atoms with E-state index < -0.39 is 0 Å². The standard InChI is InChI=1S/C20H16N2S2/c1-13-8-10-15(11-9-13)17-12-23-20(22-17)18-14(2)21-19(24-18)16-6-4-3-5-7-16/h3-12H,1-2H3. The highest BCUT2D eigenvalue weighted by atomic mass is 32.1. The summed E-state index contributed by atoms with van der Waals surface area (Å²) in [5.41, 5.74) is 5.66. The maximum atomic E-state index is 4.84. The SMILES string of the molecule is Cc1ccc(-c2csc(-c3sc(-c4ccccc4)nc3C)n2)cc1. The van der Waals surface area contributed by atoms with Gasteiger partial charge in [0.2, 0.25) is 0 Å². The normalized spacial score (nSPS) is 10.9. The van der Waals surface area contributed by atoms with Crippen molar-refractivity contribution >= 4 is 22.7 Å². The van der Waals surface area contributed by atoms with Crippen LogP contribution >= 0.6 is 22.7 Å². The van der Waals surface area contributed by atoms with E-state index in [9.17, 15) is 0 Å². The van der Waals surface area contributed by atoms with E-state index >= 15 is 0 Å². The van der Waals surface area contributed by atoms with Crippen LogP contribution in [0.5, 0.6) is 0 Å². The van der Waals surface area contributed by atoms with E-state index in [4.69, 9.17) is 9.97 Å². The fourth-order valence-electron chi connectivity index (χ4n) is 2.53. The first-order valence-electron chi connectivity index (χ1n) is 7.76. The van der Waals surface area contributed by atoms with E-state index in [0.29, 0.717) is 0 Å². The molecule has 0 N–H and O–H groups in total. The molecule has 0 fully saturated rings. The molecule has 0 aliphatic rings. The lowest BCUT2D eigenvalue weighted by molar-refractivity contribution is 1.26. The van der Waals surface area contributed by atoms with Gasteiger partial charge in [-0.1, -0.05) is 60.2 Å². The molecule has 2 aromatic heterocycles. The van der Waals surface area contributed by atoms with Gasteiger partial charge in [0.25, 0.3) is 0 Å². The molecule has 2 nitrogen and oxygen atoms in total. The first-order chi connectivity index (χ1) is 11.7. The molecule has 24 heavy (non-hydrogen) atoms. The highest BCUT2D eigenvalue weighted by molar-refractivity contribution is 7.23. The van der Waals surface area contributed by atoms with Gasteiger partial charge in [0.05, 0.1) is 16.3 Å². The van der Waals surface area contributed by atoms with E-state index in [-0.39, 0.29) is 0 Å². The average molecular weight is 348 g/mol. The van der Waals surface area contributed by atoms with Crippen molar-refractivity contribution in [2.45, 2.75) is 13.8 Å². The van der Waals surface area contributed by atoms with Crippen molar-refractivity contribution < 1.29 is 0 Å². The van der Waals surface area contributed by atoms with Gasteiger partial charge in [-0.3, -0.25) is 0 Å². The predicted octanol–water partition coefficient (Wildman–Crippen LogP) is 6.22. The summed E-state index contributed by atoms with van der Waals surface area (Å²) in [6, 6.07) is 18.8. The molecule has 0 saturated heterocycles. The minimum absolute atomic E-state index is 1.03. The summed E-state index contributed by atoms with van der Waals surface area (Å²) in [5, 5.41) is 4.22. The van der Waals surface area contributed by atoms with Gasteiger partial charge in [0.1, 0.15) is 10.0 Å². The van der Waals surface area contributed by atoms with Crippen LogP contribution in [-0.4, -0.2) is 9.97 Å². The molecule has 118 valence electrons. The summed E-state index contributed by atoms with van der Waals surface area (Å²) in [6.07, 6.45) is 0. The molecular formula is C20H16N2S2. The summed E-state index contributed by atoms with van der Waals surface area (Å²) < 4.78 is 0. The quantitative estimate of drug-likeness (QED) is 0.439. The molecule has 2 heterocycles. The molecule has 0 bridgehead atoms. The van der Waals surface area contributed by atoms with Crippen LogP contribution in [0.15, 0.2) is 60.0 Å². The van der Waals surface area contributed by atoms with Gasteiger partial charge in [-0.25, -0.2) is 9.97 Å². The van der Waals surface area contributed by atoms with Crippen LogP contribution in [0.4, 0.5) is 0 Å². The first kappa shape index (κ1) is 15.2. The number of thiazole rings is 2. The number of rotatable bonds is 3. The number of hydrogen-bond donors (Lipinski definition) is 0. The van der Waals surface area contributed by atoms with E-state index in [2.05, 4.69) is 55.6 Å². The Morgan fingerprint density at radius 3 is 2.25 bits per heavy atom. The number of aryl methyl sites for hydroxylation is 2. The third kappa shape index (κ3) is 2.90. The van der Waals surface area contributed by atoms with Gasteiger partial charge in [-0.15, -0.1) is 22.7 Å². The van der Waals surface area contributed by atoms with E-state index in [1.54, 1.807) is 22.7 Å². The van der Waals surface area contributed by atoms with Crippen molar-refractivity contribution in [3.8, 4) is 31.7 Å². The van der Waals surface area contributed by atoms with E-state index in [1.807, 2.05) is 18.2 Å². The smallest absolute Gasteiger partial charge is 0.135 e. The second kappa shape index (κ2) is 6.30. The number of hydrogen-bond acceptors (Lipinski definition) is 4. The number of nitrogens with zero attached hydrogens (tertiary/aromatic N) is 2. The molecular weight excluding hydrogens is 332 g/mol. The monoisotopic (exact) mass is 348 g/mol. The van der Waals surface area contributed by atoms with Gasteiger partial charge in [-0.2, -0.15) is 0 Å². The minimum Gasteiger partial charge on any atom is -0.241 e. The van der Waals surface area contributed by atoms with Crippen molar-refractivity contribution in [1.82, 2.24) is 9.97 Å². The highest BCUT2D eigenvalue weighted by Gasteiger charge is 2.15. The topological polar surface area (TPSA) is 25.8 Å². The van der Waals surface area contributed by atoms with Gasteiger partial charge in [-0.05, 0) is 13.8 Å². The largest absolute Gasteiger partial charge is 0.241 e. The van der Waals surface area contributed by atoms with Gasteiger partial charge in [0.15, 0.2) is 0 Å². The Morgan fingerprint density at radius 1 is 0.750 bits per heavy atom. The molecule has 0 spiro atoms. The maximum absolute atomic E-state index is 4.84. The van der Waals surface area contributed by atoms with Crippen molar-refractivity contribution in [3.63, 3.8) is 0 Å². The van der Waals surface area contributed by atoms with Crippen LogP contribution in [0.1, 0.15) is 11.3 Å². The lowest BCUT2D eigenvalue weighted by Crippen LogP contribution is -1.80. The Labute approximate surface area is 149 Å². The molecule has 4 heteroatoms. The molecule has 0 radical (unpaired) electrons. The van der Waals surface area contributed by atoms with Crippen molar-refractivity contribution in [2.75, 3.05) is 0 Å². The second-order valence-electron chi connectivity index (χ2n) is 5.70. The van der Waals surface area contributed by atoms with Crippen molar-refractivity contribution in [3.05, 3.63) is 71.2 Å².